The molecule has 0 spiro atoms. The summed E-state index contributed by atoms with van der Waals surface area (Å²) in [6, 6.07) is 58.7. The monoisotopic (exact) mass is 685 g/mol. The number of nitrogens with zero attached hydrogens (tertiary/aromatic N) is 3. The Bertz CT molecular complexity index is 3080. The summed E-state index contributed by atoms with van der Waals surface area (Å²) in [5.74, 6) is 0.680. The van der Waals surface area contributed by atoms with Crippen molar-refractivity contribution < 1.29 is 0 Å². The van der Waals surface area contributed by atoms with Crippen LogP contribution in [0.3, 0.4) is 0 Å². The van der Waals surface area contributed by atoms with Gasteiger partial charge in [0.2, 0.25) is 5.95 Å². The third-order valence-corrected chi connectivity index (χ3v) is 12.4. The molecule has 7 aromatic carbocycles. The summed E-state index contributed by atoms with van der Waals surface area (Å²) >= 11 is 3.64. The van der Waals surface area contributed by atoms with Gasteiger partial charge in [-0.3, -0.25) is 4.57 Å². The first-order valence-electron chi connectivity index (χ1n) is 17.1. The van der Waals surface area contributed by atoms with E-state index < -0.39 is 0 Å². The Hall–Kier alpha value is -6.14. The van der Waals surface area contributed by atoms with Gasteiger partial charge in [0, 0.05) is 46.6 Å². The fourth-order valence-corrected chi connectivity index (χ4v) is 10.1. The molecule has 4 aromatic heterocycles. The van der Waals surface area contributed by atoms with Crippen molar-refractivity contribution in [3.05, 3.63) is 164 Å². The Kier molecular flexibility index (Phi) is 6.29. The number of aromatic nitrogens is 3. The Morgan fingerprint density at radius 2 is 0.961 bits per heavy atom. The molecule has 0 radical (unpaired) electrons. The first kappa shape index (κ1) is 28.7. The zero-order chi connectivity index (χ0) is 33.5. The fraction of sp³-hybridized carbons (Fsp3) is 0. The van der Waals surface area contributed by atoms with E-state index in [4.69, 9.17) is 9.97 Å². The number of fused-ring (bicyclic) bond motifs is 10. The van der Waals surface area contributed by atoms with Crippen LogP contribution in [0.4, 0.5) is 0 Å². The van der Waals surface area contributed by atoms with E-state index in [1.807, 2.05) is 11.3 Å². The van der Waals surface area contributed by atoms with Crippen molar-refractivity contribution in [1.82, 2.24) is 14.5 Å². The highest BCUT2D eigenvalue weighted by atomic mass is 32.1. The molecule has 238 valence electrons. The minimum absolute atomic E-state index is 0.680. The molecule has 4 heterocycles. The highest BCUT2D eigenvalue weighted by Gasteiger charge is 2.22. The van der Waals surface area contributed by atoms with Gasteiger partial charge in [-0.2, -0.15) is 0 Å². The molecular formula is C46H27N3S2. The third-order valence-electron chi connectivity index (χ3n) is 10.0. The Labute approximate surface area is 301 Å². The molecule has 11 aromatic rings. The normalized spacial score (nSPS) is 11.9. The van der Waals surface area contributed by atoms with Crippen molar-refractivity contribution in [2.75, 3.05) is 0 Å². The fourth-order valence-electron chi connectivity index (χ4n) is 7.68. The third kappa shape index (κ3) is 4.42. The maximum absolute atomic E-state index is 5.57. The smallest absolute Gasteiger partial charge is 0.235 e. The molecule has 0 N–H and O–H groups in total. The van der Waals surface area contributed by atoms with Crippen LogP contribution in [0.5, 0.6) is 0 Å². The van der Waals surface area contributed by atoms with Crippen LogP contribution in [0.1, 0.15) is 0 Å². The molecule has 3 nitrogen and oxygen atoms in total. The van der Waals surface area contributed by atoms with E-state index in [1.165, 1.54) is 46.8 Å². The topological polar surface area (TPSA) is 30.7 Å². The summed E-state index contributed by atoms with van der Waals surface area (Å²) in [5.41, 5.74) is 9.88. The average molecular weight is 686 g/mol. The Morgan fingerprint density at radius 3 is 1.69 bits per heavy atom. The molecule has 0 bridgehead atoms. The van der Waals surface area contributed by atoms with Crippen molar-refractivity contribution in [3.63, 3.8) is 0 Å². The molecule has 0 amide bonds. The second-order valence-corrected chi connectivity index (χ2v) is 15.1. The Morgan fingerprint density at radius 1 is 0.392 bits per heavy atom. The van der Waals surface area contributed by atoms with E-state index >= 15 is 0 Å². The van der Waals surface area contributed by atoms with Gasteiger partial charge in [-0.25, -0.2) is 9.97 Å². The molecule has 0 atom stereocenters. The quantitative estimate of drug-likeness (QED) is 0.185. The van der Waals surface area contributed by atoms with E-state index in [0.717, 1.165) is 49.0 Å². The first-order chi connectivity index (χ1) is 25.3. The molecule has 51 heavy (non-hydrogen) atoms. The van der Waals surface area contributed by atoms with Gasteiger partial charge in [0.05, 0.1) is 26.9 Å². The first-order valence-corrected chi connectivity index (χ1v) is 18.7. The lowest BCUT2D eigenvalue weighted by molar-refractivity contribution is 1.02. The van der Waals surface area contributed by atoms with Crippen LogP contribution in [0, 0.1) is 0 Å². The van der Waals surface area contributed by atoms with Crippen molar-refractivity contribution in [1.29, 1.82) is 0 Å². The average Bonchev–Trinajstić information content (AvgIpc) is 3.87. The zero-order valence-electron chi connectivity index (χ0n) is 27.2. The van der Waals surface area contributed by atoms with Crippen molar-refractivity contribution >= 4 is 85.0 Å². The highest BCUT2D eigenvalue weighted by Crippen LogP contribution is 2.45. The van der Waals surface area contributed by atoms with Gasteiger partial charge in [-0.15, -0.1) is 22.7 Å². The predicted molar refractivity (Wildman–Crippen MR) is 218 cm³/mol. The van der Waals surface area contributed by atoms with Crippen LogP contribution in [-0.4, -0.2) is 14.5 Å². The minimum Gasteiger partial charge on any atom is -0.278 e. The molecule has 0 saturated heterocycles. The molecular weight excluding hydrogens is 659 g/mol. The zero-order valence-corrected chi connectivity index (χ0v) is 28.9. The van der Waals surface area contributed by atoms with Gasteiger partial charge in [0.15, 0.2) is 0 Å². The lowest BCUT2D eigenvalue weighted by Crippen LogP contribution is -2.03. The number of hydrogen-bond acceptors (Lipinski definition) is 4. The molecule has 0 unspecified atom stereocenters. The SMILES string of the molecule is c1ccc(-c2cc(-c3ccccc3)cc(-c3nc(-n4c5ccccc5c5c6sc7ccccc7c6ccc54)nc4c3sc3ccccc34)c2)cc1. The summed E-state index contributed by atoms with van der Waals surface area (Å²) in [6.07, 6.45) is 0. The second-order valence-electron chi connectivity index (χ2n) is 13.0. The number of benzene rings is 7. The van der Waals surface area contributed by atoms with E-state index in [1.54, 1.807) is 11.3 Å². The maximum Gasteiger partial charge on any atom is 0.235 e. The van der Waals surface area contributed by atoms with Gasteiger partial charge >= 0.3 is 0 Å². The van der Waals surface area contributed by atoms with E-state index in [2.05, 4.69) is 168 Å². The van der Waals surface area contributed by atoms with Crippen LogP contribution in [-0.2, 0) is 0 Å². The van der Waals surface area contributed by atoms with Crippen LogP contribution in [0.25, 0.3) is 102 Å². The number of para-hydroxylation sites is 1. The van der Waals surface area contributed by atoms with Crippen molar-refractivity contribution in [2.45, 2.75) is 0 Å². The maximum atomic E-state index is 5.57. The summed E-state index contributed by atoms with van der Waals surface area (Å²) in [7, 11) is 0. The van der Waals surface area contributed by atoms with E-state index in [0.29, 0.717) is 5.95 Å². The van der Waals surface area contributed by atoms with Crippen LogP contribution in [0.15, 0.2) is 164 Å². The lowest BCUT2D eigenvalue weighted by Gasteiger charge is -2.13. The molecule has 0 aliphatic rings. The molecule has 0 aliphatic heterocycles. The summed E-state index contributed by atoms with van der Waals surface area (Å²) in [5, 5.41) is 6.20. The van der Waals surface area contributed by atoms with Crippen LogP contribution < -0.4 is 0 Å². The molecule has 5 heteroatoms. The summed E-state index contributed by atoms with van der Waals surface area (Å²) < 4.78 is 7.18. The highest BCUT2D eigenvalue weighted by molar-refractivity contribution is 7.27. The van der Waals surface area contributed by atoms with Crippen LogP contribution in [0.2, 0.25) is 0 Å². The van der Waals surface area contributed by atoms with Gasteiger partial charge in [0.25, 0.3) is 0 Å². The largest absolute Gasteiger partial charge is 0.278 e. The van der Waals surface area contributed by atoms with Crippen molar-refractivity contribution in [3.8, 4) is 39.5 Å². The molecule has 0 saturated carbocycles. The second kappa shape index (κ2) is 11.2. The van der Waals surface area contributed by atoms with Crippen LogP contribution >= 0.6 is 22.7 Å². The minimum atomic E-state index is 0.680. The summed E-state index contributed by atoms with van der Waals surface area (Å²) in [4.78, 5) is 11.0. The number of thiophene rings is 2. The summed E-state index contributed by atoms with van der Waals surface area (Å²) in [6.45, 7) is 0. The lowest BCUT2D eigenvalue weighted by atomic mass is 9.95. The van der Waals surface area contributed by atoms with Gasteiger partial charge in [-0.1, -0.05) is 121 Å². The molecule has 11 rings (SSSR count). The van der Waals surface area contributed by atoms with Crippen molar-refractivity contribution in [2.24, 2.45) is 0 Å². The van der Waals surface area contributed by atoms with E-state index in [9.17, 15) is 0 Å². The van der Waals surface area contributed by atoms with E-state index in [-0.39, 0.29) is 0 Å². The predicted octanol–water partition coefficient (Wildman–Crippen LogP) is 13.3. The number of rotatable bonds is 4. The standard InChI is InChI=1S/C46H27N3S2/c1-3-13-28(14-4-1)30-25-31(29-15-5-2-6-16-29)27-32(26-30)42-45-43(36-19-9-12-22-40(36)51-45)48-46(47-42)49-37-20-10-7-18-35(37)41-38(49)24-23-34-33-17-8-11-21-39(33)50-44(34)41/h1-27H. The molecule has 0 fully saturated rings. The molecule has 0 aliphatic carbocycles. The number of hydrogen-bond donors (Lipinski definition) is 0. The van der Waals surface area contributed by atoms with Gasteiger partial charge < -0.3 is 0 Å². The van der Waals surface area contributed by atoms with Gasteiger partial charge in [0.1, 0.15) is 0 Å². The van der Waals surface area contributed by atoms with Gasteiger partial charge in [-0.05, 0) is 64.7 Å². The Balaban J connectivity index is 1.25.